The van der Waals surface area contributed by atoms with Gasteiger partial charge in [-0.1, -0.05) is 6.07 Å². The highest BCUT2D eigenvalue weighted by molar-refractivity contribution is 5.69. The molecule has 1 spiro atoms. The van der Waals surface area contributed by atoms with Gasteiger partial charge in [-0.2, -0.15) is 0 Å². The first-order valence-electron chi connectivity index (χ1n) is 8.23. The first kappa shape index (κ1) is 16.0. The highest BCUT2D eigenvalue weighted by Crippen LogP contribution is 2.45. The van der Waals surface area contributed by atoms with E-state index in [0.29, 0.717) is 0 Å². The number of carbonyl (C=O) groups excluding carboxylic acids is 1. The fourth-order valence-corrected chi connectivity index (χ4v) is 3.51. The average molecular weight is 318 g/mol. The summed E-state index contributed by atoms with van der Waals surface area (Å²) in [6, 6.07) is 6.25. The maximum absolute atomic E-state index is 12.2. The molecule has 0 bridgehead atoms. The van der Waals surface area contributed by atoms with Crippen molar-refractivity contribution < 1.29 is 14.3 Å². The Kier molecular flexibility index (Phi) is 3.90. The van der Waals surface area contributed by atoms with Crippen LogP contribution in [-0.2, 0) is 10.2 Å². The Labute approximate surface area is 137 Å². The number of likely N-dealkylation sites (tertiary alicyclic amines) is 1. The molecule has 0 radical (unpaired) electrons. The lowest BCUT2D eigenvalue weighted by Gasteiger charge is -2.39. The molecular formula is C18H26N2O3. The van der Waals surface area contributed by atoms with Gasteiger partial charge in [-0.3, -0.25) is 0 Å². The Morgan fingerprint density at radius 2 is 1.96 bits per heavy atom. The fourth-order valence-electron chi connectivity index (χ4n) is 3.51. The van der Waals surface area contributed by atoms with Crippen LogP contribution in [0.5, 0.6) is 5.75 Å². The minimum Gasteiger partial charge on any atom is -0.497 e. The van der Waals surface area contributed by atoms with Crippen LogP contribution < -0.4 is 10.1 Å². The molecule has 0 aliphatic carbocycles. The molecule has 1 amide bonds. The molecule has 0 atom stereocenters. The molecule has 0 aromatic heterocycles. The van der Waals surface area contributed by atoms with Gasteiger partial charge in [0.15, 0.2) is 0 Å². The third-order valence-corrected chi connectivity index (χ3v) is 4.79. The number of hydrogen-bond donors (Lipinski definition) is 1. The average Bonchev–Trinajstić information content (AvgIpc) is 2.84. The molecule has 126 valence electrons. The third kappa shape index (κ3) is 3.09. The van der Waals surface area contributed by atoms with Gasteiger partial charge in [-0.05, 0) is 45.2 Å². The number of carbonyl (C=O) groups is 1. The predicted molar refractivity (Wildman–Crippen MR) is 90.2 cm³/mol. The Morgan fingerprint density at radius 1 is 1.26 bits per heavy atom. The highest BCUT2D eigenvalue weighted by atomic mass is 16.6. The maximum Gasteiger partial charge on any atom is 0.410 e. The van der Waals surface area contributed by atoms with Crippen molar-refractivity contribution in [2.24, 2.45) is 0 Å². The van der Waals surface area contributed by atoms with Gasteiger partial charge in [0.1, 0.15) is 11.4 Å². The molecule has 1 N–H and O–H groups in total. The monoisotopic (exact) mass is 318 g/mol. The van der Waals surface area contributed by atoms with Gasteiger partial charge in [-0.15, -0.1) is 0 Å². The minimum atomic E-state index is -0.440. The van der Waals surface area contributed by atoms with Gasteiger partial charge >= 0.3 is 6.09 Å². The summed E-state index contributed by atoms with van der Waals surface area (Å²) in [7, 11) is 1.69. The summed E-state index contributed by atoms with van der Waals surface area (Å²) in [5, 5.41) is 3.50. The molecule has 23 heavy (non-hydrogen) atoms. The van der Waals surface area contributed by atoms with E-state index in [1.165, 1.54) is 5.56 Å². The molecule has 0 unspecified atom stereocenters. The van der Waals surface area contributed by atoms with Crippen LogP contribution in [0.4, 0.5) is 10.5 Å². The van der Waals surface area contributed by atoms with Gasteiger partial charge in [0.2, 0.25) is 0 Å². The van der Waals surface area contributed by atoms with E-state index in [4.69, 9.17) is 9.47 Å². The standard InChI is InChI=1S/C18H26N2O3/c1-17(2,3)23-16(21)20-9-7-18(8-10-20)12-19-15-11-13(22-4)5-6-14(15)18/h5-6,11,19H,7-10,12H2,1-4H3. The summed E-state index contributed by atoms with van der Waals surface area (Å²) >= 11 is 0. The SMILES string of the molecule is COc1ccc2c(c1)NCC21CCN(C(=O)OC(C)(C)C)CC1. The van der Waals surface area contributed by atoms with E-state index < -0.39 is 5.60 Å². The topological polar surface area (TPSA) is 50.8 Å². The zero-order chi connectivity index (χ0) is 16.7. The number of anilines is 1. The van der Waals surface area contributed by atoms with E-state index in [1.54, 1.807) is 7.11 Å². The Hall–Kier alpha value is -1.91. The van der Waals surface area contributed by atoms with Gasteiger partial charge in [0.05, 0.1) is 7.11 Å². The van der Waals surface area contributed by atoms with E-state index >= 15 is 0 Å². The zero-order valence-electron chi connectivity index (χ0n) is 14.4. The lowest BCUT2D eigenvalue weighted by atomic mass is 9.74. The molecule has 5 nitrogen and oxygen atoms in total. The van der Waals surface area contributed by atoms with E-state index in [0.717, 1.165) is 43.9 Å². The molecule has 1 aromatic carbocycles. The third-order valence-electron chi connectivity index (χ3n) is 4.79. The molecular weight excluding hydrogens is 292 g/mol. The summed E-state index contributed by atoms with van der Waals surface area (Å²) in [5.41, 5.74) is 2.20. The second-order valence-electron chi connectivity index (χ2n) is 7.51. The van der Waals surface area contributed by atoms with Crippen LogP contribution in [0.25, 0.3) is 0 Å². The summed E-state index contributed by atoms with van der Waals surface area (Å²) in [4.78, 5) is 14.0. The summed E-state index contributed by atoms with van der Waals surface area (Å²) in [5.74, 6) is 0.875. The van der Waals surface area contributed by atoms with Crippen molar-refractivity contribution in [2.75, 3.05) is 32.1 Å². The van der Waals surface area contributed by atoms with E-state index in [1.807, 2.05) is 31.7 Å². The van der Waals surface area contributed by atoms with Crippen LogP contribution in [0.1, 0.15) is 39.2 Å². The van der Waals surface area contributed by atoms with Crippen molar-refractivity contribution in [1.82, 2.24) is 4.90 Å². The van der Waals surface area contributed by atoms with Crippen molar-refractivity contribution in [2.45, 2.75) is 44.6 Å². The molecule has 0 saturated carbocycles. The van der Waals surface area contributed by atoms with Crippen molar-refractivity contribution in [3.8, 4) is 5.75 Å². The van der Waals surface area contributed by atoms with E-state index in [9.17, 15) is 4.79 Å². The predicted octanol–water partition coefficient (Wildman–Crippen LogP) is 3.39. The number of fused-ring (bicyclic) bond motifs is 2. The number of rotatable bonds is 1. The molecule has 1 fully saturated rings. The van der Waals surface area contributed by atoms with Crippen LogP contribution in [0.3, 0.4) is 0 Å². The Balaban J connectivity index is 1.69. The largest absolute Gasteiger partial charge is 0.497 e. The molecule has 5 heteroatoms. The fraction of sp³-hybridized carbons (Fsp3) is 0.611. The van der Waals surface area contributed by atoms with Gasteiger partial charge in [-0.25, -0.2) is 4.79 Å². The number of methoxy groups -OCH3 is 1. The number of amides is 1. The molecule has 3 rings (SSSR count). The van der Waals surface area contributed by atoms with Gasteiger partial charge in [0.25, 0.3) is 0 Å². The number of hydrogen-bond acceptors (Lipinski definition) is 4. The van der Waals surface area contributed by atoms with Gasteiger partial charge < -0.3 is 19.7 Å². The number of nitrogens with one attached hydrogen (secondary N) is 1. The molecule has 2 aliphatic rings. The number of benzene rings is 1. The van der Waals surface area contributed by atoms with E-state index in [-0.39, 0.29) is 11.5 Å². The first-order valence-corrected chi connectivity index (χ1v) is 8.23. The first-order chi connectivity index (χ1) is 10.8. The van der Waals surface area contributed by atoms with Crippen molar-refractivity contribution >= 4 is 11.8 Å². The lowest BCUT2D eigenvalue weighted by Crippen LogP contribution is -2.47. The van der Waals surface area contributed by atoms with Crippen LogP contribution in [-0.4, -0.2) is 43.3 Å². The number of piperidine rings is 1. The molecule has 2 heterocycles. The number of ether oxygens (including phenoxy) is 2. The second kappa shape index (κ2) is 5.62. The summed E-state index contributed by atoms with van der Waals surface area (Å²) in [6.07, 6.45) is 1.71. The molecule has 1 saturated heterocycles. The minimum absolute atomic E-state index is 0.125. The summed E-state index contributed by atoms with van der Waals surface area (Å²) < 4.78 is 10.8. The van der Waals surface area contributed by atoms with Crippen LogP contribution in [0, 0.1) is 0 Å². The normalized spacial score (nSPS) is 19.2. The Bertz CT molecular complexity index is 599. The van der Waals surface area contributed by atoms with Crippen molar-refractivity contribution in [1.29, 1.82) is 0 Å². The van der Waals surface area contributed by atoms with Crippen LogP contribution >= 0.6 is 0 Å². The highest BCUT2D eigenvalue weighted by Gasteiger charge is 2.42. The van der Waals surface area contributed by atoms with E-state index in [2.05, 4.69) is 17.4 Å². The quantitative estimate of drug-likeness (QED) is 0.862. The van der Waals surface area contributed by atoms with Crippen molar-refractivity contribution in [3.63, 3.8) is 0 Å². The Morgan fingerprint density at radius 3 is 2.57 bits per heavy atom. The van der Waals surface area contributed by atoms with Crippen LogP contribution in [0.15, 0.2) is 18.2 Å². The summed E-state index contributed by atoms with van der Waals surface area (Å²) in [6.45, 7) is 8.12. The van der Waals surface area contributed by atoms with Crippen molar-refractivity contribution in [3.05, 3.63) is 23.8 Å². The molecule has 1 aromatic rings. The van der Waals surface area contributed by atoms with Gasteiger partial charge in [0, 0.05) is 36.8 Å². The number of nitrogens with zero attached hydrogens (tertiary/aromatic N) is 1. The molecule has 2 aliphatic heterocycles. The maximum atomic E-state index is 12.2. The second-order valence-corrected chi connectivity index (χ2v) is 7.51. The zero-order valence-corrected chi connectivity index (χ0v) is 14.4. The lowest BCUT2D eigenvalue weighted by molar-refractivity contribution is 0.0172. The van der Waals surface area contributed by atoms with Crippen LogP contribution in [0.2, 0.25) is 0 Å². The smallest absolute Gasteiger partial charge is 0.410 e.